The molecule has 0 unspecified atom stereocenters. The Morgan fingerprint density at radius 3 is 2.93 bits per heavy atom. The third kappa shape index (κ3) is 1.35. The maximum absolute atomic E-state index is 11.7. The molecule has 1 N–H and O–H groups in total. The van der Waals surface area contributed by atoms with Crippen molar-refractivity contribution in [2.75, 3.05) is 0 Å². The largest absolute Gasteiger partial charge is 0.493 e. The number of hydrogen-bond donors (Lipinski definition) is 1. The van der Waals surface area contributed by atoms with Crippen molar-refractivity contribution in [1.29, 1.82) is 0 Å². The molecule has 0 atom stereocenters. The van der Waals surface area contributed by atoms with Gasteiger partial charge in [-0.15, -0.1) is 0 Å². The Labute approximate surface area is 83.8 Å². The van der Waals surface area contributed by atoms with Crippen LogP contribution in [0, 0.1) is 0 Å². The number of Topliss-reactive ketones (excluding diaryl/α,β-unsaturated/α-hetero) is 1. The van der Waals surface area contributed by atoms with Crippen molar-refractivity contribution in [3.05, 3.63) is 34.4 Å². The van der Waals surface area contributed by atoms with E-state index < -0.39 is 17.2 Å². The van der Waals surface area contributed by atoms with Gasteiger partial charge in [-0.05, 0) is 13.0 Å². The highest BCUT2D eigenvalue weighted by molar-refractivity contribution is 5.95. The standard InChI is InChI=1S/C9H7N3O3/c1-5(13)6-7(14)11-9-10-3-2-4-12(9)8(6)15/h2-4,14H,1H3. The molecular formula is C9H7N3O3. The summed E-state index contributed by atoms with van der Waals surface area (Å²) >= 11 is 0. The fourth-order valence-electron chi connectivity index (χ4n) is 1.28. The predicted octanol–water partition coefficient (Wildman–Crippen LogP) is -0.00230. The summed E-state index contributed by atoms with van der Waals surface area (Å²) in [6.07, 6.45) is 2.87. The fraction of sp³-hybridized carbons (Fsp3) is 0.111. The van der Waals surface area contributed by atoms with Crippen molar-refractivity contribution in [1.82, 2.24) is 14.4 Å². The number of rotatable bonds is 1. The number of aromatic nitrogens is 3. The van der Waals surface area contributed by atoms with Crippen LogP contribution in [0.5, 0.6) is 5.88 Å². The van der Waals surface area contributed by atoms with Crippen LogP contribution in [0.2, 0.25) is 0 Å². The first-order valence-corrected chi connectivity index (χ1v) is 4.18. The first kappa shape index (κ1) is 9.32. The topological polar surface area (TPSA) is 84.6 Å². The van der Waals surface area contributed by atoms with Gasteiger partial charge in [-0.25, -0.2) is 4.98 Å². The summed E-state index contributed by atoms with van der Waals surface area (Å²) < 4.78 is 1.11. The van der Waals surface area contributed by atoms with Crippen LogP contribution < -0.4 is 5.56 Å². The number of fused-ring (bicyclic) bond motifs is 1. The van der Waals surface area contributed by atoms with E-state index in [0.717, 1.165) is 4.40 Å². The third-order valence-corrected chi connectivity index (χ3v) is 1.94. The lowest BCUT2D eigenvalue weighted by Gasteiger charge is -2.02. The summed E-state index contributed by atoms with van der Waals surface area (Å²) in [5, 5.41) is 9.37. The van der Waals surface area contributed by atoms with Gasteiger partial charge in [-0.2, -0.15) is 4.98 Å². The molecule has 15 heavy (non-hydrogen) atoms. The molecule has 0 aliphatic heterocycles. The van der Waals surface area contributed by atoms with Gasteiger partial charge >= 0.3 is 0 Å². The number of ketones is 1. The second-order valence-corrected chi connectivity index (χ2v) is 2.96. The maximum Gasteiger partial charge on any atom is 0.273 e. The average Bonchev–Trinajstić information content (AvgIpc) is 2.17. The molecule has 0 aliphatic rings. The first-order valence-electron chi connectivity index (χ1n) is 4.18. The molecule has 2 heterocycles. The van der Waals surface area contributed by atoms with Crippen LogP contribution in [0.25, 0.3) is 5.78 Å². The lowest BCUT2D eigenvalue weighted by atomic mass is 10.2. The maximum atomic E-state index is 11.7. The Morgan fingerprint density at radius 1 is 1.53 bits per heavy atom. The van der Waals surface area contributed by atoms with E-state index in [9.17, 15) is 14.7 Å². The lowest BCUT2D eigenvalue weighted by Crippen LogP contribution is -2.22. The molecule has 0 saturated heterocycles. The minimum Gasteiger partial charge on any atom is -0.493 e. The minimum absolute atomic E-state index is 0.0602. The first-order chi connectivity index (χ1) is 7.11. The van der Waals surface area contributed by atoms with E-state index in [4.69, 9.17) is 0 Å². The molecule has 2 aromatic rings. The van der Waals surface area contributed by atoms with Gasteiger partial charge in [-0.1, -0.05) is 0 Å². The highest BCUT2D eigenvalue weighted by Gasteiger charge is 2.15. The predicted molar refractivity (Wildman–Crippen MR) is 50.9 cm³/mol. The van der Waals surface area contributed by atoms with E-state index in [1.807, 2.05) is 0 Å². The van der Waals surface area contributed by atoms with Crippen LogP contribution >= 0.6 is 0 Å². The minimum atomic E-state index is -0.613. The van der Waals surface area contributed by atoms with Gasteiger partial charge in [0.05, 0.1) is 0 Å². The normalized spacial score (nSPS) is 10.5. The molecule has 0 spiro atoms. The van der Waals surface area contributed by atoms with Crippen molar-refractivity contribution in [2.45, 2.75) is 6.92 Å². The van der Waals surface area contributed by atoms with Crippen LogP contribution in [0.1, 0.15) is 17.3 Å². The summed E-state index contributed by atoms with van der Waals surface area (Å²) in [6.45, 7) is 1.20. The Balaban J connectivity index is 2.97. The summed E-state index contributed by atoms with van der Waals surface area (Å²) in [5.74, 6) is -1.04. The average molecular weight is 205 g/mol. The highest BCUT2D eigenvalue weighted by atomic mass is 16.3. The highest BCUT2D eigenvalue weighted by Crippen LogP contribution is 2.09. The van der Waals surface area contributed by atoms with Crippen LogP contribution in [0.15, 0.2) is 23.3 Å². The van der Waals surface area contributed by atoms with Crippen LogP contribution in [0.3, 0.4) is 0 Å². The zero-order valence-corrected chi connectivity index (χ0v) is 7.84. The SMILES string of the molecule is CC(=O)c1c(O)nc2ncccn2c1=O. The quantitative estimate of drug-likeness (QED) is 0.662. The van der Waals surface area contributed by atoms with Crippen molar-refractivity contribution < 1.29 is 9.90 Å². The van der Waals surface area contributed by atoms with E-state index in [0.29, 0.717) is 0 Å². The molecule has 0 radical (unpaired) electrons. The van der Waals surface area contributed by atoms with Crippen molar-refractivity contribution in [2.24, 2.45) is 0 Å². The van der Waals surface area contributed by atoms with E-state index in [1.54, 1.807) is 0 Å². The Hall–Kier alpha value is -2.24. The molecule has 0 aromatic carbocycles. The molecule has 6 heteroatoms. The number of aromatic hydroxyl groups is 1. The van der Waals surface area contributed by atoms with Crippen molar-refractivity contribution in [3.8, 4) is 5.88 Å². The summed E-state index contributed by atoms with van der Waals surface area (Å²) in [6, 6.07) is 1.54. The number of carbonyl (C=O) groups is 1. The van der Waals surface area contributed by atoms with Crippen molar-refractivity contribution in [3.63, 3.8) is 0 Å². The van der Waals surface area contributed by atoms with Gasteiger partial charge in [0.2, 0.25) is 11.7 Å². The van der Waals surface area contributed by atoms with Crippen LogP contribution in [-0.4, -0.2) is 25.3 Å². The molecular weight excluding hydrogens is 198 g/mol. The van der Waals surface area contributed by atoms with Crippen LogP contribution in [-0.2, 0) is 0 Å². The zero-order valence-electron chi connectivity index (χ0n) is 7.84. The van der Waals surface area contributed by atoms with Crippen LogP contribution in [0.4, 0.5) is 0 Å². The van der Waals surface area contributed by atoms with Gasteiger partial charge < -0.3 is 5.11 Å². The molecule has 0 amide bonds. The van der Waals surface area contributed by atoms with Gasteiger partial charge in [0, 0.05) is 12.4 Å². The Bertz CT molecular complexity index is 603. The number of carbonyl (C=O) groups excluding carboxylic acids is 1. The summed E-state index contributed by atoms with van der Waals surface area (Å²) in [7, 11) is 0. The molecule has 0 bridgehead atoms. The zero-order chi connectivity index (χ0) is 11.0. The van der Waals surface area contributed by atoms with Gasteiger partial charge in [0.1, 0.15) is 5.56 Å². The molecule has 76 valence electrons. The van der Waals surface area contributed by atoms with E-state index in [1.165, 1.54) is 25.4 Å². The molecule has 6 nitrogen and oxygen atoms in total. The molecule has 2 rings (SSSR count). The smallest absolute Gasteiger partial charge is 0.273 e. The van der Waals surface area contributed by atoms with Gasteiger partial charge in [0.15, 0.2) is 5.78 Å². The fourth-order valence-corrected chi connectivity index (χ4v) is 1.28. The lowest BCUT2D eigenvalue weighted by molar-refractivity contribution is 0.101. The Kier molecular flexibility index (Phi) is 1.96. The molecule has 0 saturated carbocycles. The van der Waals surface area contributed by atoms with E-state index in [2.05, 4.69) is 9.97 Å². The molecule has 0 aliphatic carbocycles. The molecule has 2 aromatic heterocycles. The third-order valence-electron chi connectivity index (χ3n) is 1.94. The van der Waals surface area contributed by atoms with E-state index >= 15 is 0 Å². The number of nitrogens with zero attached hydrogens (tertiary/aromatic N) is 3. The Morgan fingerprint density at radius 2 is 2.27 bits per heavy atom. The molecule has 0 fully saturated rings. The second-order valence-electron chi connectivity index (χ2n) is 2.96. The second kappa shape index (κ2) is 3.16. The van der Waals surface area contributed by atoms with Gasteiger partial charge in [0.25, 0.3) is 5.56 Å². The van der Waals surface area contributed by atoms with Crippen molar-refractivity contribution >= 4 is 11.6 Å². The number of hydrogen-bond acceptors (Lipinski definition) is 5. The van der Waals surface area contributed by atoms with Gasteiger partial charge in [-0.3, -0.25) is 14.0 Å². The monoisotopic (exact) mass is 205 g/mol. The van der Waals surface area contributed by atoms with E-state index in [-0.39, 0.29) is 11.3 Å². The summed E-state index contributed by atoms with van der Waals surface area (Å²) in [4.78, 5) is 30.2. The summed E-state index contributed by atoms with van der Waals surface area (Å²) in [5.41, 5.74) is -0.932.